The van der Waals surface area contributed by atoms with E-state index in [1.54, 1.807) is 0 Å². The first-order valence-corrected chi connectivity index (χ1v) is 6.05. The third-order valence-electron chi connectivity index (χ3n) is 2.61. The summed E-state index contributed by atoms with van der Waals surface area (Å²) in [6.45, 7) is 0.411. The van der Waals surface area contributed by atoms with Gasteiger partial charge in [0.05, 0.1) is 5.56 Å². The molecule has 19 heavy (non-hydrogen) atoms. The van der Waals surface area contributed by atoms with Crippen molar-refractivity contribution >= 4 is 17.6 Å². The molecule has 6 heteroatoms. The van der Waals surface area contributed by atoms with Gasteiger partial charge in [-0.05, 0) is 31.0 Å². The number of unbranched alkanes of at least 4 members (excludes halogenated alkanes) is 2. The number of aliphatic carboxylic acids is 1. The third-order valence-corrected chi connectivity index (χ3v) is 2.61. The number of nitrogens with one attached hydrogen (secondary N) is 1. The summed E-state index contributed by atoms with van der Waals surface area (Å²) in [6.07, 6.45) is 2.09. The highest BCUT2D eigenvalue weighted by molar-refractivity contribution is 5.99. The van der Waals surface area contributed by atoms with E-state index in [1.165, 1.54) is 12.1 Å². The number of rotatable bonds is 7. The van der Waals surface area contributed by atoms with Crippen LogP contribution >= 0.6 is 0 Å². The van der Waals surface area contributed by atoms with Crippen molar-refractivity contribution in [2.45, 2.75) is 25.7 Å². The van der Waals surface area contributed by atoms with Crippen molar-refractivity contribution in [2.75, 3.05) is 12.3 Å². The molecule has 0 spiro atoms. The predicted octanol–water partition coefficient (Wildman–Crippen LogP) is 1.78. The van der Waals surface area contributed by atoms with Crippen molar-refractivity contribution in [3.8, 4) is 0 Å². The fourth-order valence-corrected chi connectivity index (χ4v) is 1.60. The first kappa shape index (κ1) is 14.9. The summed E-state index contributed by atoms with van der Waals surface area (Å²) in [5.41, 5.74) is 5.93. The van der Waals surface area contributed by atoms with Crippen LogP contribution in [0.2, 0.25) is 0 Å². The number of carbonyl (C=O) groups excluding carboxylic acids is 1. The number of carbonyl (C=O) groups is 2. The van der Waals surface area contributed by atoms with Crippen molar-refractivity contribution in [1.29, 1.82) is 0 Å². The molecule has 0 aliphatic heterocycles. The molecule has 0 aromatic heterocycles. The summed E-state index contributed by atoms with van der Waals surface area (Å²) >= 11 is 0. The van der Waals surface area contributed by atoms with E-state index in [2.05, 4.69) is 5.32 Å². The molecule has 0 heterocycles. The Morgan fingerprint density at radius 3 is 2.68 bits per heavy atom. The number of anilines is 1. The Balaban J connectivity index is 2.31. The van der Waals surface area contributed by atoms with Crippen LogP contribution in [0.5, 0.6) is 0 Å². The minimum absolute atomic E-state index is 0.116. The zero-order valence-corrected chi connectivity index (χ0v) is 10.5. The number of hydrogen-bond donors (Lipinski definition) is 3. The lowest BCUT2D eigenvalue weighted by molar-refractivity contribution is -0.137. The second-order valence-electron chi connectivity index (χ2n) is 4.19. The van der Waals surface area contributed by atoms with Gasteiger partial charge in [-0.1, -0.05) is 6.42 Å². The van der Waals surface area contributed by atoms with E-state index in [9.17, 15) is 14.0 Å². The van der Waals surface area contributed by atoms with Crippen molar-refractivity contribution in [3.05, 3.63) is 29.6 Å². The summed E-state index contributed by atoms with van der Waals surface area (Å²) in [5.74, 6) is -1.76. The first-order valence-electron chi connectivity index (χ1n) is 6.05. The average molecular weight is 268 g/mol. The minimum atomic E-state index is -0.823. The molecule has 0 bridgehead atoms. The number of hydrogen-bond acceptors (Lipinski definition) is 3. The van der Waals surface area contributed by atoms with Crippen LogP contribution in [0.4, 0.5) is 10.1 Å². The number of carboxylic acids is 1. The Hall–Kier alpha value is -2.11. The highest BCUT2D eigenvalue weighted by atomic mass is 19.1. The molecule has 0 aliphatic rings. The molecule has 0 saturated heterocycles. The number of halogens is 1. The maximum absolute atomic E-state index is 13.0. The Labute approximate surface area is 110 Å². The van der Waals surface area contributed by atoms with Gasteiger partial charge in [0.15, 0.2) is 0 Å². The highest BCUT2D eigenvalue weighted by Crippen LogP contribution is 2.13. The Morgan fingerprint density at radius 1 is 1.26 bits per heavy atom. The van der Waals surface area contributed by atoms with E-state index in [1.807, 2.05) is 0 Å². The van der Waals surface area contributed by atoms with Crippen LogP contribution in [-0.4, -0.2) is 23.5 Å². The van der Waals surface area contributed by atoms with E-state index in [0.717, 1.165) is 6.07 Å². The standard InChI is InChI=1S/C13H17FN2O3/c14-9-5-6-11(15)10(8-9)13(19)16-7-3-1-2-4-12(17)18/h5-6,8H,1-4,7,15H2,(H,16,19)(H,17,18). The molecule has 104 valence electrons. The van der Waals surface area contributed by atoms with Crippen molar-refractivity contribution in [2.24, 2.45) is 0 Å². The van der Waals surface area contributed by atoms with Crippen molar-refractivity contribution in [3.63, 3.8) is 0 Å². The van der Waals surface area contributed by atoms with E-state index in [-0.39, 0.29) is 17.7 Å². The van der Waals surface area contributed by atoms with Gasteiger partial charge in [-0.2, -0.15) is 0 Å². The van der Waals surface area contributed by atoms with Gasteiger partial charge in [-0.15, -0.1) is 0 Å². The maximum atomic E-state index is 13.0. The summed E-state index contributed by atoms with van der Waals surface area (Å²) in [4.78, 5) is 22.0. The quantitative estimate of drug-likeness (QED) is 0.519. The van der Waals surface area contributed by atoms with Crippen LogP contribution in [0.15, 0.2) is 18.2 Å². The monoisotopic (exact) mass is 268 g/mol. The average Bonchev–Trinajstić information content (AvgIpc) is 2.36. The fraction of sp³-hybridized carbons (Fsp3) is 0.385. The Bertz CT molecular complexity index is 463. The van der Waals surface area contributed by atoms with E-state index >= 15 is 0 Å². The van der Waals surface area contributed by atoms with Crippen molar-refractivity contribution in [1.82, 2.24) is 5.32 Å². The number of nitrogens with two attached hydrogens (primary N) is 1. The maximum Gasteiger partial charge on any atom is 0.303 e. The molecule has 0 radical (unpaired) electrons. The first-order chi connectivity index (χ1) is 9.00. The molecule has 5 nitrogen and oxygen atoms in total. The second-order valence-corrected chi connectivity index (χ2v) is 4.19. The Morgan fingerprint density at radius 2 is 2.00 bits per heavy atom. The molecule has 1 amide bonds. The smallest absolute Gasteiger partial charge is 0.303 e. The molecule has 0 atom stereocenters. The van der Waals surface area contributed by atoms with Crippen LogP contribution in [0.3, 0.4) is 0 Å². The summed E-state index contributed by atoms with van der Waals surface area (Å²) in [5, 5.41) is 11.1. The van der Waals surface area contributed by atoms with Gasteiger partial charge in [0.1, 0.15) is 5.82 Å². The largest absolute Gasteiger partial charge is 0.481 e. The van der Waals surface area contributed by atoms with Crippen LogP contribution in [-0.2, 0) is 4.79 Å². The van der Waals surface area contributed by atoms with E-state index in [0.29, 0.717) is 25.8 Å². The molecular weight excluding hydrogens is 251 g/mol. The van der Waals surface area contributed by atoms with Gasteiger partial charge >= 0.3 is 5.97 Å². The van der Waals surface area contributed by atoms with E-state index < -0.39 is 17.7 Å². The summed E-state index contributed by atoms with van der Waals surface area (Å²) < 4.78 is 13.0. The van der Waals surface area contributed by atoms with Gasteiger partial charge in [0, 0.05) is 18.7 Å². The van der Waals surface area contributed by atoms with Crippen LogP contribution < -0.4 is 11.1 Å². The molecule has 0 saturated carbocycles. The molecule has 4 N–H and O–H groups in total. The number of nitrogen functional groups attached to an aromatic ring is 1. The summed E-state index contributed by atoms with van der Waals surface area (Å²) in [6, 6.07) is 3.63. The van der Waals surface area contributed by atoms with E-state index in [4.69, 9.17) is 10.8 Å². The van der Waals surface area contributed by atoms with Crippen LogP contribution in [0, 0.1) is 5.82 Å². The molecule has 0 unspecified atom stereocenters. The topological polar surface area (TPSA) is 92.4 Å². The number of carboxylic acid groups (broad SMARTS) is 1. The third kappa shape index (κ3) is 5.37. The lowest BCUT2D eigenvalue weighted by Gasteiger charge is -2.07. The lowest BCUT2D eigenvalue weighted by Crippen LogP contribution is -2.25. The lowest BCUT2D eigenvalue weighted by atomic mass is 10.1. The zero-order chi connectivity index (χ0) is 14.3. The van der Waals surface area contributed by atoms with Gasteiger partial charge < -0.3 is 16.2 Å². The fourth-order valence-electron chi connectivity index (χ4n) is 1.60. The molecule has 1 aromatic carbocycles. The van der Waals surface area contributed by atoms with Gasteiger partial charge in [0.25, 0.3) is 5.91 Å². The van der Waals surface area contributed by atoms with Crippen molar-refractivity contribution < 1.29 is 19.1 Å². The van der Waals surface area contributed by atoms with Crippen LogP contribution in [0.25, 0.3) is 0 Å². The number of amides is 1. The Kier molecular flexibility index (Phi) is 5.78. The SMILES string of the molecule is Nc1ccc(F)cc1C(=O)NCCCCCC(=O)O. The highest BCUT2D eigenvalue weighted by Gasteiger charge is 2.09. The number of benzene rings is 1. The molecule has 0 aliphatic carbocycles. The zero-order valence-electron chi connectivity index (χ0n) is 10.5. The minimum Gasteiger partial charge on any atom is -0.481 e. The van der Waals surface area contributed by atoms with Gasteiger partial charge in [-0.3, -0.25) is 9.59 Å². The molecular formula is C13H17FN2O3. The molecule has 1 aromatic rings. The van der Waals surface area contributed by atoms with Gasteiger partial charge in [-0.25, -0.2) is 4.39 Å². The summed E-state index contributed by atoms with van der Waals surface area (Å²) in [7, 11) is 0. The molecule has 1 rings (SSSR count). The van der Waals surface area contributed by atoms with Gasteiger partial charge in [0.2, 0.25) is 0 Å². The van der Waals surface area contributed by atoms with Crippen LogP contribution in [0.1, 0.15) is 36.0 Å². The molecule has 0 fully saturated rings. The second kappa shape index (κ2) is 7.35. The normalized spacial score (nSPS) is 10.2. The predicted molar refractivity (Wildman–Crippen MR) is 69.2 cm³/mol.